The van der Waals surface area contributed by atoms with Crippen molar-refractivity contribution in [2.45, 2.75) is 33.8 Å². The monoisotopic (exact) mass is 312 g/mol. The molecule has 0 radical (unpaired) electrons. The topological polar surface area (TPSA) is 43.4 Å². The normalized spacial score (nSPS) is 12.9. The summed E-state index contributed by atoms with van der Waals surface area (Å²) < 4.78 is 6.21. The van der Waals surface area contributed by atoms with Gasteiger partial charge in [-0.05, 0) is 39.8 Å². The highest BCUT2D eigenvalue weighted by Gasteiger charge is 2.29. The molecule has 98 valence electrons. The number of rotatable bonds is 3. The Labute approximate surface area is 116 Å². The van der Waals surface area contributed by atoms with Crippen molar-refractivity contribution in [3.63, 3.8) is 0 Å². The number of carbonyl (C=O) groups is 2. The van der Waals surface area contributed by atoms with E-state index in [1.54, 1.807) is 32.9 Å². The van der Waals surface area contributed by atoms with Gasteiger partial charge in [0.05, 0.1) is 5.41 Å². The molecular formula is C14H17BrO3. The predicted octanol–water partition coefficient (Wildman–Crippen LogP) is 3.67. The van der Waals surface area contributed by atoms with Crippen molar-refractivity contribution in [2.24, 2.45) is 5.41 Å². The Kier molecular flexibility index (Phi) is 4.68. The Hall–Kier alpha value is -1.16. The van der Waals surface area contributed by atoms with Crippen molar-refractivity contribution in [1.29, 1.82) is 0 Å². The van der Waals surface area contributed by atoms with E-state index >= 15 is 0 Å². The van der Waals surface area contributed by atoms with Crippen LogP contribution in [0.4, 0.5) is 0 Å². The van der Waals surface area contributed by atoms with Gasteiger partial charge in [-0.3, -0.25) is 9.59 Å². The smallest absolute Gasteiger partial charge is 0.312 e. The summed E-state index contributed by atoms with van der Waals surface area (Å²) in [5, 5.41) is 0. The summed E-state index contributed by atoms with van der Waals surface area (Å²) in [6.45, 7) is 6.69. The summed E-state index contributed by atoms with van der Waals surface area (Å²) in [4.78, 5) is 23.4. The summed E-state index contributed by atoms with van der Waals surface area (Å²) in [6, 6.07) is 7.17. The zero-order valence-corrected chi connectivity index (χ0v) is 12.6. The molecule has 0 saturated heterocycles. The van der Waals surface area contributed by atoms with Gasteiger partial charge in [-0.15, -0.1) is 0 Å². The molecule has 1 unspecified atom stereocenters. The number of Topliss-reactive ketones (excluding diaryl/α,β-unsaturated/α-hetero) is 1. The molecule has 0 amide bonds. The molecular weight excluding hydrogens is 296 g/mol. The molecule has 0 bridgehead atoms. The van der Waals surface area contributed by atoms with E-state index in [2.05, 4.69) is 15.9 Å². The first-order chi connectivity index (χ1) is 8.21. The van der Waals surface area contributed by atoms with E-state index in [0.717, 1.165) is 4.47 Å². The van der Waals surface area contributed by atoms with Gasteiger partial charge >= 0.3 is 5.97 Å². The van der Waals surface area contributed by atoms with Gasteiger partial charge in [0.25, 0.3) is 0 Å². The van der Waals surface area contributed by atoms with Gasteiger partial charge in [-0.1, -0.05) is 28.1 Å². The van der Waals surface area contributed by atoms with E-state index in [1.807, 2.05) is 12.1 Å². The summed E-state index contributed by atoms with van der Waals surface area (Å²) >= 11 is 3.32. The standard InChI is InChI=1S/C14H17BrO3/c1-9(16)12(18-13(17)14(2,3)4)10-5-7-11(15)8-6-10/h5-8,12H,1-4H3. The van der Waals surface area contributed by atoms with E-state index in [1.165, 1.54) is 6.92 Å². The van der Waals surface area contributed by atoms with Crippen molar-refractivity contribution in [2.75, 3.05) is 0 Å². The molecule has 1 rings (SSSR count). The Bertz CT molecular complexity index is 443. The van der Waals surface area contributed by atoms with Crippen LogP contribution in [0.2, 0.25) is 0 Å². The van der Waals surface area contributed by atoms with Gasteiger partial charge in [0, 0.05) is 10.0 Å². The third-order valence-corrected chi connectivity index (χ3v) is 2.91. The summed E-state index contributed by atoms with van der Waals surface area (Å²) in [6.07, 6.45) is -0.829. The minimum absolute atomic E-state index is 0.185. The van der Waals surface area contributed by atoms with Crippen LogP contribution in [0.1, 0.15) is 39.4 Å². The van der Waals surface area contributed by atoms with Crippen LogP contribution < -0.4 is 0 Å². The zero-order chi connectivity index (χ0) is 13.9. The largest absolute Gasteiger partial charge is 0.449 e. The first kappa shape index (κ1) is 14.9. The number of ketones is 1. The average Bonchev–Trinajstić information content (AvgIpc) is 2.25. The van der Waals surface area contributed by atoms with Crippen LogP contribution in [0.25, 0.3) is 0 Å². The molecule has 3 nitrogen and oxygen atoms in total. The van der Waals surface area contributed by atoms with Crippen molar-refractivity contribution in [1.82, 2.24) is 0 Å². The lowest BCUT2D eigenvalue weighted by atomic mass is 9.97. The lowest BCUT2D eigenvalue weighted by molar-refractivity contribution is -0.163. The lowest BCUT2D eigenvalue weighted by Crippen LogP contribution is -2.27. The summed E-state index contributed by atoms with van der Waals surface area (Å²) in [5.41, 5.74) is 0.0617. The fraction of sp³-hybridized carbons (Fsp3) is 0.429. The summed E-state index contributed by atoms with van der Waals surface area (Å²) in [7, 11) is 0. The average molecular weight is 313 g/mol. The van der Waals surface area contributed by atoms with Crippen LogP contribution in [0.5, 0.6) is 0 Å². The van der Waals surface area contributed by atoms with Crippen molar-refractivity contribution in [3.05, 3.63) is 34.3 Å². The van der Waals surface area contributed by atoms with Crippen LogP contribution in [-0.4, -0.2) is 11.8 Å². The quantitative estimate of drug-likeness (QED) is 0.800. The number of benzene rings is 1. The lowest BCUT2D eigenvalue weighted by Gasteiger charge is -2.22. The molecule has 0 aliphatic rings. The van der Waals surface area contributed by atoms with Crippen molar-refractivity contribution < 1.29 is 14.3 Å². The van der Waals surface area contributed by atoms with Crippen LogP contribution in [0.15, 0.2) is 28.7 Å². The molecule has 0 heterocycles. The first-order valence-electron chi connectivity index (χ1n) is 5.69. The molecule has 1 aromatic carbocycles. The maximum atomic E-state index is 11.8. The molecule has 0 fully saturated rings. The Morgan fingerprint density at radius 1 is 1.17 bits per heavy atom. The molecule has 0 spiro atoms. The molecule has 0 saturated carbocycles. The first-order valence-corrected chi connectivity index (χ1v) is 6.48. The van der Waals surface area contributed by atoms with Crippen LogP contribution in [0.3, 0.4) is 0 Å². The highest BCUT2D eigenvalue weighted by atomic mass is 79.9. The molecule has 0 aliphatic heterocycles. The van der Waals surface area contributed by atoms with Gasteiger partial charge in [0.15, 0.2) is 11.9 Å². The predicted molar refractivity (Wildman–Crippen MR) is 73.1 cm³/mol. The minimum atomic E-state index is -0.829. The Morgan fingerprint density at radius 2 is 1.67 bits per heavy atom. The van der Waals surface area contributed by atoms with Gasteiger partial charge < -0.3 is 4.74 Å². The van der Waals surface area contributed by atoms with Gasteiger partial charge in [0.2, 0.25) is 0 Å². The summed E-state index contributed by atoms with van der Waals surface area (Å²) in [5.74, 6) is -0.569. The maximum absolute atomic E-state index is 11.8. The van der Waals surface area contributed by atoms with E-state index in [9.17, 15) is 9.59 Å². The zero-order valence-electron chi connectivity index (χ0n) is 11.0. The molecule has 0 aliphatic carbocycles. The van der Waals surface area contributed by atoms with Crippen LogP contribution >= 0.6 is 15.9 Å². The third kappa shape index (κ3) is 3.95. The number of esters is 1. The molecule has 4 heteroatoms. The Morgan fingerprint density at radius 3 is 2.06 bits per heavy atom. The molecule has 18 heavy (non-hydrogen) atoms. The number of hydrogen-bond donors (Lipinski definition) is 0. The van der Waals surface area contributed by atoms with Crippen LogP contribution in [-0.2, 0) is 14.3 Å². The van der Waals surface area contributed by atoms with E-state index in [-0.39, 0.29) is 11.8 Å². The molecule has 1 aromatic rings. The minimum Gasteiger partial charge on any atom is -0.449 e. The van der Waals surface area contributed by atoms with Gasteiger partial charge in [0.1, 0.15) is 0 Å². The third-order valence-electron chi connectivity index (χ3n) is 2.38. The van der Waals surface area contributed by atoms with E-state index in [0.29, 0.717) is 5.56 Å². The van der Waals surface area contributed by atoms with Crippen LogP contribution in [0, 0.1) is 5.41 Å². The Balaban J connectivity index is 2.94. The fourth-order valence-corrected chi connectivity index (χ4v) is 1.57. The van der Waals surface area contributed by atoms with E-state index in [4.69, 9.17) is 4.74 Å². The van der Waals surface area contributed by atoms with Gasteiger partial charge in [-0.2, -0.15) is 0 Å². The second-order valence-corrected chi connectivity index (χ2v) is 6.11. The molecule has 0 N–H and O–H groups in total. The van der Waals surface area contributed by atoms with E-state index < -0.39 is 11.5 Å². The number of halogens is 1. The fourth-order valence-electron chi connectivity index (χ4n) is 1.31. The number of ether oxygens (including phenoxy) is 1. The highest BCUT2D eigenvalue weighted by molar-refractivity contribution is 9.10. The van der Waals surface area contributed by atoms with Crippen molar-refractivity contribution >= 4 is 27.7 Å². The molecule has 0 aromatic heterocycles. The second-order valence-electron chi connectivity index (χ2n) is 5.20. The number of hydrogen-bond acceptors (Lipinski definition) is 3. The number of carbonyl (C=O) groups excluding carboxylic acids is 2. The SMILES string of the molecule is CC(=O)C(OC(=O)C(C)(C)C)c1ccc(Br)cc1. The van der Waals surface area contributed by atoms with Gasteiger partial charge in [-0.25, -0.2) is 0 Å². The maximum Gasteiger partial charge on any atom is 0.312 e. The molecule has 1 atom stereocenters. The van der Waals surface area contributed by atoms with Crippen molar-refractivity contribution in [3.8, 4) is 0 Å². The second kappa shape index (κ2) is 5.65. The highest BCUT2D eigenvalue weighted by Crippen LogP contribution is 2.25.